The molecule has 0 saturated carbocycles. The van der Waals surface area contributed by atoms with Gasteiger partial charge in [0, 0.05) is 28.4 Å². The second kappa shape index (κ2) is 5.76. The van der Waals surface area contributed by atoms with Crippen LogP contribution in [-0.4, -0.2) is 16.1 Å². The van der Waals surface area contributed by atoms with Gasteiger partial charge in [0.2, 0.25) is 0 Å². The Morgan fingerprint density at radius 1 is 1.26 bits per heavy atom. The molecule has 0 fully saturated rings. The van der Waals surface area contributed by atoms with E-state index in [-0.39, 0.29) is 0 Å². The number of fused-ring (bicyclic) bond motifs is 1. The maximum Gasteiger partial charge on any atom is 0.409 e. The lowest BCUT2D eigenvalue weighted by Crippen LogP contribution is -2.16. The van der Waals surface area contributed by atoms with Crippen molar-refractivity contribution in [3.05, 3.63) is 47.8 Å². The third-order valence-electron chi connectivity index (χ3n) is 3.79. The Bertz CT molecular complexity index is 881. The highest BCUT2D eigenvalue weighted by Gasteiger charge is 2.17. The number of hydrogen-bond donors (Lipinski definition) is 2. The van der Waals surface area contributed by atoms with Crippen LogP contribution in [0.2, 0.25) is 0 Å². The van der Waals surface area contributed by atoms with Crippen LogP contribution in [0.15, 0.2) is 36.5 Å². The number of hydrogen-bond acceptors (Lipinski definition) is 3. The zero-order valence-electron chi connectivity index (χ0n) is 13.4. The van der Waals surface area contributed by atoms with E-state index in [1.807, 2.05) is 31.3 Å². The van der Waals surface area contributed by atoms with Crippen LogP contribution in [0.3, 0.4) is 0 Å². The Morgan fingerprint density at radius 2 is 2.04 bits per heavy atom. The molecule has 2 heterocycles. The molecule has 2 aromatic heterocycles. The molecule has 0 radical (unpaired) electrons. The van der Waals surface area contributed by atoms with Gasteiger partial charge >= 0.3 is 6.09 Å². The van der Waals surface area contributed by atoms with E-state index in [2.05, 4.69) is 29.9 Å². The van der Waals surface area contributed by atoms with Crippen molar-refractivity contribution in [1.29, 1.82) is 0 Å². The topological polar surface area (TPSA) is 81.0 Å². The summed E-state index contributed by atoms with van der Waals surface area (Å²) in [6, 6.07) is 9.53. The quantitative estimate of drug-likeness (QED) is 0.763. The Labute approximate surface area is 134 Å². The van der Waals surface area contributed by atoms with E-state index in [0.717, 1.165) is 27.9 Å². The average molecular weight is 309 g/mol. The standard InChI is InChI=1S/C18H19N3O2/c1-10(2)16-14-9-13(23-18(19)22)4-5-15(14)21-17(16)12-6-7-20-11(3)8-12/h4-10,21H,1-3H3,(H2,19,22). The molecule has 0 aliphatic rings. The van der Waals surface area contributed by atoms with E-state index in [1.165, 1.54) is 5.56 Å². The molecule has 0 aliphatic heterocycles. The number of carbonyl (C=O) groups is 1. The first-order valence-corrected chi connectivity index (χ1v) is 7.51. The molecule has 0 atom stereocenters. The Hall–Kier alpha value is -2.82. The number of benzene rings is 1. The van der Waals surface area contributed by atoms with E-state index in [9.17, 15) is 4.79 Å². The van der Waals surface area contributed by atoms with Crippen LogP contribution in [0.5, 0.6) is 5.75 Å². The van der Waals surface area contributed by atoms with Crippen LogP contribution in [0, 0.1) is 6.92 Å². The Morgan fingerprint density at radius 3 is 2.70 bits per heavy atom. The van der Waals surface area contributed by atoms with Crippen LogP contribution in [0.25, 0.3) is 22.2 Å². The van der Waals surface area contributed by atoms with Crippen molar-refractivity contribution in [2.45, 2.75) is 26.7 Å². The fourth-order valence-corrected chi connectivity index (χ4v) is 2.90. The number of amides is 1. The summed E-state index contributed by atoms with van der Waals surface area (Å²) < 4.78 is 5.01. The second-order valence-electron chi connectivity index (χ2n) is 5.88. The molecular formula is C18H19N3O2. The van der Waals surface area contributed by atoms with Crippen LogP contribution < -0.4 is 10.5 Å². The zero-order chi connectivity index (χ0) is 16.6. The number of rotatable bonds is 3. The molecule has 5 nitrogen and oxygen atoms in total. The minimum atomic E-state index is -0.809. The van der Waals surface area contributed by atoms with Gasteiger partial charge in [0.25, 0.3) is 0 Å². The lowest BCUT2D eigenvalue weighted by Gasteiger charge is -2.09. The van der Waals surface area contributed by atoms with Crippen LogP contribution >= 0.6 is 0 Å². The monoisotopic (exact) mass is 309 g/mol. The number of aromatic amines is 1. The highest BCUT2D eigenvalue weighted by molar-refractivity contribution is 5.92. The van der Waals surface area contributed by atoms with Gasteiger partial charge in [-0.25, -0.2) is 4.79 Å². The van der Waals surface area contributed by atoms with Crippen molar-refractivity contribution in [1.82, 2.24) is 9.97 Å². The summed E-state index contributed by atoms with van der Waals surface area (Å²) in [5.41, 5.74) is 10.4. The molecule has 3 N–H and O–H groups in total. The Kier molecular flexibility index (Phi) is 3.78. The summed E-state index contributed by atoms with van der Waals surface area (Å²) in [6.07, 6.45) is 0.998. The maximum atomic E-state index is 11.0. The smallest absolute Gasteiger partial charge is 0.409 e. The van der Waals surface area contributed by atoms with Gasteiger partial charge in [-0.2, -0.15) is 0 Å². The van der Waals surface area contributed by atoms with Gasteiger partial charge < -0.3 is 15.5 Å². The Balaban J connectivity index is 2.22. The molecule has 1 amide bonds. The number of primary amides is 1. The highest BCUT2D eigenvalue weighted by Crippen LogP contribution is 2.37. The normalized spacial score (nSPS) is 11.1. The summed E-state index contributed by atoms with van der Waals surface area (Å²) in [7, 11) is 0. The highest BCUT2D eigenvalue weighted by atomic mass is 16.5. The molecule has 23 heavy (non-hydrogen) atoms. The lowest BCUT2D eigenvalue weighted by atomic mass is 9.96. The molecule has 0 saturated heterocycles. The third kappa shape index (κ3) is 2.90. The SMILES string of the molecule is Cc1cc(-c2[nH]c3ccc(OC(N)=O)cc3c2C(C)C)ccn1. The first kappa shape index (κ1) is 15.1. The fraction of sp³-hybridized carbons (Fsp3) is 0.222. The molecule has 118 valence electrons. The van der Waals surface area contributed by atoms with E-state index in [1.54, 1.807) is 6.07 Å². The number of nitrogens with two attached hydrogens (primary N) is 1. The molecule has 0 unspecified atom stereocenters. The average Bonchev–Trinajstić information content (AvgIpc) is 2.85. The van der Waals surface area contributed by atoms with Gasteiger partial charge in [-0.05, 0) is 48.7 Å². The minimum absolute atomic E-state index is 0.302. The van der Waals surface area contributed by atoms with Gasteiger partial charge in [-0.1, -0.05) is 13.8 Å². The first-order valence-electron chi connectivity index (χ1n) is 7.51. The van der Waals surface area contributed by atoms with Crippen molar-refractivity contribution < 1.29 is 9.53 Å². The van der Waals surface area contributed by atoms with Crippen molar-refractivity contribution in [3.63, 3.8) is 0 Å². The summed E-state index contributed by atoms with van der Waals surface area (Å²) >= 11 is 0. The molecular weight excluding hydrogens is 290 g/mol. The van der Waals surface area contributed by atoms with Gasteiger partial charge in [-0.3, -0.25) is 4.98 Å². The third-order valence-corrected chi connectivity index (χ3v) is 3.79. The summed E-state index contributed by atoms with van der Waals surface area (Å²) in [5, 5.41) is 1.03. The number of aryl methyl sites for hydroxylation is 1. The molecule has 5 heteroatoms. The van der Waals surface area contributed by atoms with Crippen LogP contribution in [0.1, 0.15) is 31.0 Å². The number of pyridine rings is 1. The predicted molar refractivity (Wildman–Crippen MR) is 90.6 cm³/mol. The van der Waals surface area contributed by atoms with Gasteiger partial charge in [0.1, 0.15) is 5.75 Å². The van der Waals surface area contributed by atoms with Crippen molar-refractivity contribution in [2.75, 3.05) is 0 Å². The summed E-state index contributed by atoms with van der Waals surface area (Å²) in [5.74, 6) is 0.749. The van der Waals surface area contributed by atoms with Crippen molar-refractivity contribution in [3.8, 4) is 17.0 Å². The number of ether oxygens (including phenoxy) is 1. The zero-order valence-corrected chi connectivity index (χ0v) is 13.4. The number of nitrogens with one attached hydrogen (secondary N) is 1. The second-order valence-corrected chi connectivity index (χ2v) is 5.88. The van der Waals surface area contributed by atoms with Gasteiger partial charge in [0.05, 0.1) is 5.69 Å². The molecule has 3 aromatic rings. The molecule has 1 aromatic carbocycles. The van der Waals surface area contributed by atoms with E-state index in [4.69, 9.17) is 10.5 Å². The first-order chi connectivity index (χ1) is 11.0. The van der Waals surface area contributed by atoms with Crippen LogP contribution in [-0.2, 0) is 0 Å². The fourth-order valence-electron chi connectivity index (χ4n) is 2.90. The number of aromatic nitrogens is 2. The largest absolute Gasteiger partial charge is 0.410 e. The van der Waals surface area contributed by atoms with Crippen LogP contribution in [0.4, 0.5) is 4.79 Å². The summed E-state index contributed by atoms with van der Waals surface area (Å²) in [4.78, 5) is 18.7. The predicted octanol–water partition coefficient (Wildman–Crippen LogP) is 4.12. The number of carbonyl (C=O) groups excluding carboxylic acids is 1. The lowest BCUT2D eigenvalue weighted by molar-refractivity contribution is 0.211. The molecule has 0 aliphatic carbocycles. The van der Waals surface area contributed by atoms with Gasteiger partial charge in [0.15, 0.2) is 0 Å². The maximum absolute atomic E-state index is 11.0. The molecule has 0 spiro atoms. The van der Waals surface area contributed by atoms with Crippen molar-refractivity contribution in [2.24, 2.45) is 5.73 Å². The van der Waals surface area contributed by atoms with Crippen molar-refractivity contribution >= 4 is 17.0 Å². The number of H-pyrrole nitrogens is 1. The van der Waals surface area contributed by atoms with Gasteiger partial charge in [-0.15, -0.1) is 0 Å². The minimum Gasteiger partial charge on any atom is -0.410 e. The van der Waals surface area contributed by atoms with E-state index in [0.29, 0.717) is 11.7 Å². The molecule has 0 bridgehead atoms. The van der Waals surface area contributed by atoms with E-state index >= 15 is 0 Å². The number of nitrogens with zero attached hydrogens (tertiary/aromatic N) is 1. The van der Waals surface area contributed by atoms with E-state index < -0.39 is 6.09 Å². The summed E-state index contributed by atoms with van der Waals surface area (Å²) in [6.45, 7) is 6.25. The molecule has 3 rings (SSSR count).